The van der Waals surface area contributed by atoms with Crippen LogP contribution in [0.25, 0.3) is 0 Å². The maximum Gasteiger partial charge on any atom is 0.256 e. The van der Waals surface area contributed by atoms with E-state index in [0.29, 0.717) is 0 Å². The van der Waals surface area contributed by atoms with Gasteiger partial charge >= 0.3 is 0 Å². The molecule has 502 valence electrons. The fourth-order valence-corrected chi connectivity index (χ4v) is 18.9. The summed E-state index contributed by atoms with van der Waals surface area (Å²) in [6.45, 7) is 33.0. The molecule has 2 aliphatic carbocycles. The van der Waals surface area contributed by atoms with Crippen molar-refractivity contribution in [3.63, 3.8) is 0 Å². The van der Waals surface area contributed by atoms with Gasteiger partial charge in [0.15, 0.2) is 0 Å². The zero-order valence-electron chi connectivity index (χ0n) is 61.6. The van der Waals surface area contributed by atoms with E-state index in [0.717, 1.165) is 105 Å². The Morgan fingerprint density at radius 1 is 0.294 bits per heavy atom. The molecule has 0 radical (unpaired) electrons. The fraction of sp³-hybridized carbons (Fsp3) is 0.234. The predicted molar refractivity (Wildman–Crippen MR) is 435 cm³/mol. The van der Waals surface area contributed by atoms with Gasteiger partial charge in [0.25, 0.3) is 13.4 Å². The summed E-state index contributed by atoms with van der Waals surface area (Å²) in [6.07, 6.45) is 4.48. The average molecular weight is 1330 g/mol. The Morgan fingerprint density at radius 3 is 1.25 bits per heavy atom. The molecule has 6 nitrogen and oxygen atoms in total. The van der Waals surface area contributed by atoms with Crippen LogP contribution in [0.3, 0.4) is 0 Å². The van der Waals surface area contributed by atoms with Crippen molar-refractivity contribution in [1.82, 2.24) is 0 Å². The van der Waals surface area contributed by atoms with Crippen LogP contribution in [0.2, 0.25) is 0 Å². The quantitative estimate of drug-likeness (QED) is 0.134. The Hall–Kier alpha value is -10.4. The molecular formula is C94H89B2N5O. The lowest BCUT2D eigenvalue weighted by Crippen LogP contribution is -2.64. The Bertz CT molecular complexity index is 5440. The normalized spacial score (nSPS) is 16.3. The van der Waals surface area contributed by atoms with Gasteiger partial charge in [0.1, 0.15) is 11.5 Å². The van der Waals surface area contributed by atoms with Gasteiger partial charge in [-0.05, 0) is 256 Å². The summed E-state index contributed by atoms with van der Waals surface area (Å²) < 4.78 is 7.99. The first kappa shape index (κ1) is 63.7. The zero-order chi connectivity index (χ0) is 70.2. The van der Waals surface area contributed by atoms with Crippen molar-refractivity contribution in [2.24, 2.45) is 0 Å². The minimum absolute atomic E-state index is 0.0322. The van der Waals surface area contributed by atoms with E-state index in [9.17, 15) is 0 Å². The third kappa shape index (κ3) is 9.67. The van der Waals surface area contributed by atoms with Crippen LogP contribution >= 0.6 is 0 Å². The molecule has 12 aromatic rings. The van der Waals surface area contributed by atoms with Gasteiger partial charge in [-0.15, -0.1) is 0 Å². The molecule has 6 aliphatic rings. The number of fused-ring (bicyclic) bond motifs is 10. The molecule has 0 saturated heterocycles. The standard InChI is InChI=1S/C94H89B2N5O/c1-58-29-21-24-40-77(58)100(89-60(3)31-27-32-61(89)4)67-50-82-87-83(51-67)99(66-43-44-69-70(49-66)92(9,10)46-45-91(69,7)8)80-55-72-71(93(11,12)47-48-94(72,13)14)54-74(80)96(87)75-56-76-85(57-81(75)98(82)65-37-19-16-20-38-65)102-86-53-68(101(78-41-25-22-30-59(78)2)90-62(5)33-28-34-63(90)6)52-84-88(86)95(76)73-39-23-26-42-79(73)97(84)64-35-17-15-18-36-64/h15-44,49-57H,45-48H2,1-14H3. The Balaban J connectivity index is 0.968. The van der Waals surface area contributed by atoms with Crippen molar-refractivity contribution >= 4 is 132 Å². The minimum Gasteiger partial charge on any atom is -0.458 e. The average Bonchev–Trinajstić information content (AvgIpc) is 0.683. The number of anilines is 15. The maximum atomic E-state index is 7.99. The summed E-state index contributed by atoms with van der Waals surface area (Å²) in [4.78, 5) is 12.9. The second-order valence-corrected chi connectivity index (χ2v) is 32.9. The van der Waals surface area contributed by atoms with E-state index >= 15 is 0 Å². The summed E-state index contributed by atoms with van der Waals surface area (Å²) in [5, 5.41) is 0. The first-order valence-electron chi connectivity index (χ1n) is 37.1. The second kappa shape index (κ2) is 23.0. The maximum absolute atomic E-state index is 7.99. The van der Waals surface area contributed by atoms with Gasteiger partial charge < -0.3 is 29.2 Å². The van der Waals surface area contributed by atoms with E-state index in [2.05, 4.69) is 358 Å². The highest BCUT2D eigenvalue weighted by atomic mass is 16.5. The summed E-state index contributed by atoms with van der Waals surface area (Å²) in [6, 6.07) is 90.6. The first-order chi connectivity index (χ1) is 49.1. The number of para-hydroxylation sites is 7. The lowest BCUT2D eigenvalue weighted by Gasteiger charge is -2.48. The van der Waals surface area contributed by atoms with Crippen LogP contribution < -0.4 is 62.0 Å². The molecule has 0 atom stereocenters. The number of ether oxygens (including phenoxy) is 1. The van der Waals surface area contributed by atoms with Crippen LogP contribution in [-0.4, -0.2) is 13.4 Å². The molecule has 0 aromatic heterocycles. The first-order valence-corrected chi connectivity index (χ1v) is 37.1. The van der Waals surface area contributed by atoms with E-state index < -0.39 is 0 Å². The lowest BCUT2D eigenvalue weighted by molar-refractivity contribution is 0.332. The highest BCUT2D eigenvalue weighted by Crippen LogP contribution is 2.56. The molecule has 12 aromatic carbocycles. The van der Waals surface area contributed by atoms with Gasteiger partial charge in [-0.3, -0.25) is 0 Å². The summed E-state index contributed by atoms with van der Waals surface area (Å²) in [5.74, 6) is 1.71. The number of aryl methyl sites for hydroxylation is 6. The Kier molecular flexibility index (Phi) is 14.4. The van der Waals surface area contributed by atoms with Gasteiger partial charge in [-0.2, -0.15) is 0 Å². The van der Waals surface area contributed by atoms with E-state index in [1.54, 1.807) is 0 Å². The summed E-state index contributed by atoms with van der Waals surface area (Å²) in [7, 11) is 0. The van der Waals surface area contributed by atoms with Crippen molar-refractivity contribution in [3.8, 4) is 11.5 Å². The molecule has 0 fully saturated rings. The van der Waals surface area contributed by atoms with Crippen molar-refractivity contribution in [3.05, 3.63) is 292 Å². The minimum atomic E-state index is -0.204. The van der Waals surface area contributed by atoms with Gasteiger partial charge in [-0.1, -0.05) is 201 Å². The smallest absolute Gasteiger partial charge is 0.256 e. The lowest BCUT2D eigenvalue weighted by atomic mass is 9.30. The van der Waals surface area contributed by atoms with E-state index in [1.807, 2.05) is 0 Å². The number of benzene rings is 12. The van der Waals surface area contributed by atoms with E-state index in [-0.39, 0.29) is 35.1 Å². The Labute approximate surface area is 605 Å². The van der Waals surface area contributed by atoms with Crippen LogP contribution in [0, 0.1) is 41.5 Å². The van der Waals surface area contributed by atoms with Crippen molar-refractivity contribution in [2.75, 3.05) is 24.5 Å². The SMILES string of the molecule is Cc1ccccc1N(c1cc2c3c(c1)N(c1ccccc1)c1ccccc1B3c1cc3c(cc1O2)N(c1ccccc1)c1cc(N(c2ccccc2C)c2c(C)cccc2C)cc2c1B3c1cc3c(cc1N2c1ccc2c(c1)C(C)(C)CCC2(C)C)C(C)(C)CCC3(C)C)c1c(C)cccc1C. The molecular weight excluding hydrogens is 1240 g/mol. The molecule has 4 heterocycles. The summed E-state index contributed by atoms with van der Waals surface area (Å²) in [5.41, 5.74) is 37.4. The molecule has 102 heavy (non-hydrogen) atoms. The van der Waals surface area contributed by atoms with Crippen LogP contribution in [0.1, 0.15) is 137 Å². The zero-order valence-corrected chi connectivity index (χ0v) is 61.6. The highest BCUT2D eigenvalue weighted by Gasteiger charge is 2.51. The summed E-state index contributed by atoms with van der Waals surface area (Å²) >= 11 is 0. The van der Waals surface area contributed by atoms with Gasteiger partial charge in [0.2, 0.25) is 0 Å². The van der Waals surface area contributed by atoms with Crippen LogP contribution in [0.4, 0.5) is 85.3 Å². The predicted octanol–water partition coefficient (Wildman–Crippen LogP) is 21.7. The number of hydrogen-bond acceptors (Lipinski definition) is 6. The van der Waals surface area contributed by atoms with Gasteiger partial charge in [-0.25, -0.2) is 0 Å². The molecule has 4 aliphatic heterocycles. The molecule has 0 saturated carbocycles. The van der Waals surface area contributed by atoms with Crippen LogP contribution in [-0.2, 0) is 21.7 Å². The van der Waals surface area contributed by atoms with Crippen molar-refractivity contribution in [2.45, 2.75) is 144 Å². The van der Waals surface area contributed by atoms with Gasteiger partial charge in [0.05, 0.1) is 22.7 Å². The van der Waals surface area contributed by atoms with Gasteiger partial charge in [0, 0.05) is 74.7 Å². The van der Waals surface area contributed by atoms with E-state index in [4.69, 9.17) is 4.74 Å². The Morgan fingerprint density at radius 2 is 0.706 bits per heavy atom. The molecule has 0 amide bonds. The highest BCUT2D eigenvalue weighted by molar-refractivity contribution is 7.02. The third-order valence-electron chi connectivity index (χ3n) is 24.5. The van der Waals surface area contributed by atoms with Crippen LogP contribution in [0.15, 0.2) is 237 Å². The van der Waals surface area contributed by atoms with Crippen LogP contribution in [0.5, 0.6) is 11.5 Å². The monoisotopic (exact) mass is 1330 g/mol. The van der Waals surface area contributed by atoms with Crippen molar-refractivity contribution in [1.29, 1.82) is 0 Å². The molecule has 0 spiro atoms. The molecule has 8 heteroatoms. The number of nitrogens with zero attached hydrogens (tertiary/aromatic N) is 5. The second-order valence-electron chi connectivity index (χ2n) is 32.9. The topological polar surface area (TPSA) is 25.4 Å². The number of rotatable bonds is 9. The molecule has 0 bridgehead atoms. The largest absolute Gasteiger partial charge is 0.458 e. The third-order valence-corrected chi connectivity index (χ3v) is 24.5. The van der Waals surface area contributed by atoms with Crippen molar-refractivity contribution < 1.29 is 4.74 Å². The van der Waals surface area contributed by atoms with E-state index in [1.165, 1.54) is 106 Å². The fourth-order valence-electron chi connectivity index (χ4n) is 18.9. The molecule has 0 N–H and O–H groups in total. The molecule has 0 unspecified atom stereocenters. The molecule has 18 rings (SSSR count). The number of hydrogen-bond donors (Lipinski definition) is 0.